The Hall–Kier alpha value is -2.92. The van der Waals surface area contributed by atoms with E-state index in [0.29, 0.717) is 5.92 Å². The van der Waals surface area contributed by atoms with E-state index >= 15 is 0 Å². The van der Waals surface area contributed by atoms with Crippen LogP contribution in [0.3, 0.4) is 0 Å². The number of benzene rings is 2. The number of carbonyl (C=O) groups is 1. The van der Waals surface area contributed by atoms with E-state index in [1.807, 2.05) is 36.5 Å². The molecule has 1 aliphatic heterocycles. The van der Waals surface area contributed by atoms with Gasteiger partial charge >= 0.3 is 0 Å². The summed E-state index contributed by atoms with van der Waals surface area (Å²) in [7, 11) is 0. The molecule has 0 spiro atoms. The molecule has 1 fully saturated rings. The molecule has 0 radical (unpaired) electrons. The van der Waals surface area contributed by atoms with Crippen molar-refractivity contribution in [2.75, 3.05) is 23.3 Å². The summed E-state index contributed by atoms with van der Waals surface area (Å²) in [5, 5.41) is 3.92. The van der Waals surface area contributed by atoms with Gasteiger partial charge in [0, 0.05) is 35.6 Å². The summed E-state index contributed by atoms with van der Waals surface area (Å²) in [6, 6.07) is 18.3. The highest BCUT2D eigenvalue weighted by molar-refractivity contribution is 7.16. The van der Waals surface area contributed by atoms with Crippen molar-refractivity contribution in [2.45, 2.75) is 52.9 Å². The predicted molar refractivity (Wildman–Crippen MR) is 149 cm³/mol. The van der Waals surface area contributed by atoms with Crippen LogP contribution in [0.15, 0.2) is 59.6 Å². The second-order valence-electron chi connectivity index (χ2n) is 10.9. The van der Waals surface area contributed by atoms with Crippen molar-refractivity contribution >= 4 is 39.8 Å². The fourth-order valence-corrected chi connectivity index (χ4v) is 6.50. The van der Waals surface area contributed by atoms with Crippen LogP contribution in [0.25, 0.3) is 0 Å². The number of rotatable bonds is 5. The minimum atomic E-state index is -0.0561. The van der Waals surface area contributed by atoms with Gasteiger partial charge in [0.15, 0.2) is 0 Å². The highest BCUT2D eigenvalue weighted by Crippen LogP contribution is 2.45. The lowest BCUT2D eigenvalue weighted by atomic mass is 9.72. The SMILES string of the molecule is CC(C)(C)[C@@H]1CCc2c(sc(N=Cc3ccc(N4CCCC4)cc3)c2C(=O)Nc2ccccc2)C1. The van der Waals surface area contributed by atoms with Gasteiger partial charge in [-0.1, -0.05) is 51.1 Å². The van der Waals surface area contributed by atoms with E-state index in [2.05, 4.69) is 55.3 Å². The van der Waals surface area contributed by atoms with Crippen LogP contribution in [0.1, 0.15) is 66.4 Å². The van der Waals surface area contributed by atoms with Gasteiger partial charge in [0.2, 0.25) is 0 Å². The Labute approximate surface area is 213 Å². The van der Waals surface area contributed by atoms with Gasteiger partial charge in [-0.05, 0) is 78.8 Å². The molecule has 35 heavy (non-hydrogen) atoms. The highest BCUT2D eigenvalue weighted by atomic mass is 32.1. The monoisotopic (exact) mass is 485 g/mol. The number of hydrogen-bond acceptors (Lipinski definition) is 4. The van der Waals surface area contributed by atoms with E-state index in [9.17, 15) is 4.79 Å². The van der Waals surface area contributed by atoms with E-state index in [0.717, 1.165) is 54.2 Å². The Morgan fingerprint density at radius 1 is 1.06 bits per heavy atom. The Balaban J connectivity index is 1.43. The zero-order valence-corrected chi connectivity index (χ0v) is 21.8. The predicted octanol–water partition coefficient (Wildman–Crippen LogP) is 7.50. The number of fused-ring (bicyclic) bond motifs is 1. The minimum Gasteiger partial charge on any atom is -0.372 e. The van der Waals surface area contributed by atoms with Crippen LogP contribution in [-0.2, 0) is 12.8 Å². The van der Waals surface area contributed by atoms with Crippen molar-refractivity contribution in [3.8, 4) is 0 Å². The van der Waals surface area contributed by atoms with E-state index in [1.165, 1.54) is 29.0 Å². The van der Waals surface area contributed by atoms with Gasteiger partial charge in [-0.2, -0.15) is 0 Å². The first-order valence-electron chi connectivity index (χ1n) is 12.8. The van der Waals surface area contributed by atoms with Crippen molar-refractivity contribution in [1.82, 2.24) is 0 Å². The van der Waals surface area contributed by atoms with Crippen molar-refractivity contribution in [1.29, 1.82) is 0 Å². The molecular weight excluding hydrogens is 450 g/mol. The number of anilines is 2. The van der Waals surface area contributed by atoms with Crippen molar-refractivity contribution < 1.29 is 4.79 Å². The van der Waals surface area contributed by atoms with E-state index in [-0.39, 0.29) is 11.3 Å². The quantitative estimate of drug-likeness (QED) is 0.380. The van der Waals surface area contributed by atoms with Gasteiger partial charge in [-0.25, -0.2) is 4.99 Å². The van der Waals surface area contributed by atoms with E-state index < -0.39 is 0 Å². The van der Waals surface area contributed by atoms with Gasteiger partial charge in [-0.3, -0.25) is 4.79 Å². The lowest BCUT2D eigenvalue weighted by Crippen LogP contribution is -2.27. The molecule has 1 atom stereocenters. The highest BCUT2D eigenvalue weighted by Gasteiger charge is 2.33. The Kier molecular flexibility index (Phi) is 6.79. The number of amides is 1. The number of aliphatic imine (C=N–C) groups is 1. The molecule has 5 heteroatoms. The molecule has 0 saturated carbocycles. The molecule has 0 bridgehead atoms. The van der Waals surface area contributed by atoms with Crippen LogP contribution in [-0.4, -0.2) is 25.2 Å². The average Bonchev–Trinajstić information content (AvgIpc) is 3.51. The summed E-state index contributed by atoms with van der Waals surface area (Å²) < 4.78 is 0. The molecule has 2 heterocycles. The maximum atomic E-state index is 13.5. The third-order valence-corrected chi connectivity index (χ3v) is 8.59. The topological polar surface area (TPSA) is 44.7 Å². The first-order valence-corrected chi connectivity index (χ1v) is 13.6. The molecular formula is C30H35N3OS. The van der Waals surface area contributed by atoms with Crippen molar-refractivity contribution in [3.05, 3.63) is 76.2 Å². The van der Waals surface area contributed by atoms with Crippen LogP contribution in [0.2, 0.25) is 0 Å². The summed E-state index contributed by atoms with van der Waals surface area (Å²) in [5.41, 5.74) is 5.36. The molecule has 3 aromatic rings. The number of hydrogen-bond donors (Lipinski definition) is 1. The number of thiophene rings is 1. The summed E-state index contributed by atoms with van der Waals surface area (Å²) in [6.45, 7) is 9.26. The van der Waals surface area contributed by atoms with E-state index in [4.69, 9.17) is 4.99 Å². The van der Waals surface area contributed by atoms with Gasteiger partial charge < -0.3 is 10.2 Å². The average molecular weight is 486 g/mol. The fourth-order valence-electron chi connectivity index (χ4n) is 5.23. The van der Waals surface area contributed by atoms with Gasteiger partial charge in [0.25, 0.3) is 5.91 Å². The second-order valence-corrected chi connectivity index (χ2v) is 11.9. The van der Waals surface area contributed by atoms with E-state index in [1.54, 1.807) is 11.3 Å². The minimum absolute atomic E-state index is 0.0561. The van der Waals surface area contributed by atoms with Crippen LogP contribution in [0.5, 0.6) is 0 Å². The number of nitrogens with zero attached hydrogens (tertiary/aromatic N) is 2. The van der Waals surface area contributed by atoms with Crippen molar-refractivity contribution in [3.63, 3.8) is 0 Å². The summed E-state index contributed by atoms with van der Waals surface area (Å²) >= 11 is 1.70. The maximum Gasteiger partial charge on any atom is 0.259 e. The molecule has 5 rings (SSSR count). The molecule has 1 N–H and O–H groups in total. The van der Waals surface area contributed by atoms with Crippen molar-refractivity contribution in [2.24, 2.45) is 16.3 Å². The molecule has 2 aliphatic rings. The Morgan fingerprint density at radius 3 is 2.46 bits per heavy atom. The molecule has 2 aromatic carbocycles. The molecule has 0 unspecified atom stereocenters. The summed E-state index contributed by atoms with van der Waals surface area (Å²) in [5.74, 6) is 0.563. The smallest absolute Gasteiger partial charge is 0.259 e. The zero-order chi connectivity index (χ0) is 24.4. The molecule has 1 aliphatic carbocycles. The molecule has 4 nitrogen and oxygen atoms in total. The third-order valence-electron chi connectivity index (χ3n) is 7.43. The maximum absolute atomic E-state index is 13.5. The first kappa shape index (κ1) is 23.8. The van der Waals surface area contributed by atoms with Crippen LogP contribution in [0.4, 0.5) is 16.4 Å². The molecule has 1 amide bonds. The second kappa shape index (κ2) is 9.98. The van der Waals surface area contributed by atoms with Crippen LogP contribution >= 0.6 is 11.3 Å². The van der Waals surface area contributed by atoms with Crippen LogP contribution < -0.4 is 10.2 Å². The fraction of sp³-hybridized carbons (Fsp3) is 0.400. The number of nitrogens with one attached hydrogen (secondary N) is 1. The molecule has 1 aromatic heterocycles. The summed E-state index contributed by atoms with van der Waals surface area (Å²) in [4.78, 5) is 22.1. The molecule has 182 valence electrons. The largest absolute Gasteiger partial charge is 0.372 e. The summed E-state index contributed by atoms with van der Waals surface area (Å²) in [6.07, 6.45) is 7.53. The zero-order valence-electron chi connectivity index (χ0n) is 21.0. The first-order chi connectivity index (χ1) is 16.9. The molecule has 1 saturated heterocycles. The Morgan fingerprint density at radius 2 is 1.77 bits per heavy atom. The number of carbonyl (C=O) groups excluding carboxylic acids is 1. The Bertz CT molecular complexity index is 1200. The van der Waals surface area contributed by atoms with Gasteiger partial charge in [0.1, 0.15) is 5.00 Å². The normalized spacial score (nSPS) is 18.1. The van der Waals surface area contributed by atoms with Crippen LogP contribution in [0, 0.1) is 11.3 Å². The lowest BCUT2D eigenvalue weighted by molar-refractivity contribution is 0.102. The third kappa shape index (κ3) is 5.35. The standard InChI is InChI=1S/C30H35N3OS/c1-30(2,3)22-13-16-25-26(19-22)35-29(27(25)28(34)32-23-9-5-4-6-10-23)31-20-21-11-14-24(15-12-21)33-17-7-8-18-33/h4-6,9-12,14-15,20,22H,7-8,13,16-19H2,1-3H3,(H,32,34)/t22-/m1/s1. The van der Waals surface area contributed by atoms with Gasteiger partial charge in [-0.15, -0.1) is 11.3 Å². The lowest BCUT2D eigenvalue weighted by Gasteiger charge is -2.33. The van der Waals surface area contributed by atoms with Gasteiger partial charge in [0.05, 0.1) is 5.56 Å². The number of para-hydroxylation sites is 1.